The molecule has 0 spiro atoms. The number of amides is 3. The summed E-state index contributed by atoms with van der Waals surface area (Å²) in [5.74, 6) is 0.575. The van der Waals surface area contributed by atoms with Crippen LogP contribution >= 0.6 is 11.3 Å². The number of primary amides is 1. The van der Waals surface area contributed by atoms with Gasteiger partial charge in [-0.2, -0.15) is 0 Å². The monoisotopic (exact) mass is 351 g/mol. The van der Waals surface area contributed by atoms with Gasteiger partial charge in [0.05, 0.1) is 31.9 Å². The molecule has 0 fully saturated rings. The lowest BCUT2D eigenvalue weighted by Crippen LogP contribution is -2.39. The van der Waals surface area contributed by atoms with E-state index in [9.17, 15) is 9.59 Å². The lowest BCUT2D eigenvalue weighted by molar-refractivity contribution is -0.133. The predicted octanol–water partition coefficient (Wildman–Crippen LogP) is 2.12. The largest absolute Gasteiger partial charge is 0.467 e. The second kappa shape index (κ2) is 9.09. The highest BCUT2D eigenvalue weighted by Gasteiger charge is 2.23. The van der Waals surface area contributed by atoms with E-state index in [4.69, 9.17) is 14.9 Å². The lowest BCUT2D eigenvalue weighted by atomic mass is 10.1. The molecular weight excluding hydrogens is 330 g/mol. The molecule has 3 amide bonds. The highest BCUT2D eigenvalue weighted by molar-refractivity contribution is 7.10. The van der Waals surface area contributed by atoms with Crippen LogP contribution in [0.2, 0.25) is 0 Å². The maximum Gasteiger partial charge on any atom is 0.312 e. The van der Waals surface area contributed by atoms with Gasteiger partial charge < -0.3 is 25.1 Å². The van der Waals surface area contributed by atoms with Gasteiger partial charge in [-0.25, -0.2) is 4.79 Å². The zero-order chi connectivity index (χ0) is 17.4. The van der Waals surface area contributed by atoms with E-state index in [1.807, 2.05) is 23.6 Å². The van der Waals surface area contributed by atoms with Crippen molar-refractivity contribution in [3.63, 3.8) is 0 Å². The summed E-state index contributed by atoms with van der Waals surface area (Å²) in [6.45, 7) is 1.20. The van der Waals surface area contributed by atoms with Crippen molar-refractivity contribution < 1.29 is 18.7 Å². The van der Waals surface area contributed by atoms with Crippen molar-refractivity contribution in [2.75, 3.05) is 20.3 Å². The molecule has 0 aliphatic heterocycles. The molecule has 2 heterocycles. The molecule has 0 radical (unpaired) electrons. The van der Waals surface area contributed by atoms with Crippen molar-refractivity contribution in [1.29, 1.82) is 0 Å². The predicted molar refractivity (Wildman–Crippen MR) is 90.4 cm³/mol. The molecule has 2 aromatic heterocycles. The number of rotatable bonds is 9. The minimum absolute atomic E-state index is 0.115. The van der Waals surface area contributed by atoms with Crippen LogP contribution in [0.15, 0.2) is 40.3 Å². The van der Waals surface area contributed by atoms with Crippen molar-refractivity contribution in [2.45, 2.75) is 19.0 Å². The lowest BCUT2D eigenvalue weighted by Gasteiger charge is -2.24. The first-order valence-corrected chi connectivity index (χ1v) is 8.36. The molecule has 1 unspecified atom stereocenters. The Bertz CT molecular complexity index is 628. The van der Waals surface area contributed by atoms with Gasteiger partial charge in [0, 0.05) is 18.5 Å². The summed E-state index contributed by atoms with van der Waals surface area (Å²) in [6.07, 6.45) is 1.69. The fourth-order valence-electron chi connectivity index (χ4n) is 2.27. The molecule has 3 N–H and O–H groups in total. The third kappa shape index (κ3) is 5.39. The normalized spacial score (nSPS) is 11.9. The van der Waals surface area contributed by atoms with Crippen molar-refractivity contribution in [3.05, 3.63) is 46.5 Å². The van der Waals surface area contributed by atoms with E-state index in [1.165, 1.54) is 11.3 Å². The fourth-order valence-corrected chi connectivity index (χ4v) is 3.05. The summed E-state index contributed by atoms with van der Waals surface area (Å²) in [5.41, 5.74) is 5.24. The Morgan fingerprint density at radius 3 is 2.83 bits per heavy atom. The van der Waals surface area contributed by atoms with Crippen LogP contribution < -0.4 is 11.1 Å². The molecule has 0 aliphatic rings. The van der Waals surface area contributed by atoms with Crippen molar-refractivity contribution >= 4 is 23.3 Å². The van der Waals surface area contributed by atoms with Gasteiger partial charge in [-0.15, -0.1) is 11.3 Å². The number of hydrogen-bond donors (Lipinski definition) is 2. The summed E-state index contributed by atoms with van der Waals surface area (Å²) in [7, 11) is 1.58. The van der Waals surface area contributed by atoms with Crippen molar-refractivity contribution in [3.8, 4) is 0 Å². The SMILES string of the molecule is COCCN(Cc1ccco1)C(=O)CC(NC(N)=O)c1cccs1. The number of hydrogen-bond acceptors (Lipinski definition) is 5. The van der Waals surface area contributed by atoms with Crippen molar-refractivity contribution in [1.82, 2.24) is 10.2 Å². The van der Waals surface area contributed by atoms with Gasteiger partial charge in [-0.05, 0) is 23.6 Å². The maximum atomic E-state index is 12.7. The number of nitrogens with zero attached hydrogens (tertiary/aromatic N) is 1. The van der Waals surface area contributed by atoms with E-state index in [-0.39, 0.29) is 12.3 Å². The van der Waals surface area contributed by atoms with E-state index in [2.05, 4.69) is 5.32 Å². The quantitative estimate of drug-likeness (QED) is 0.723. The Labute approximate surface area is 144 Å². The summed E-state index contributed by atoms with van der Waals surface area (Å²) in [4.78, 5) is 26.5. The molecular formula is C16H21N3O4S. The molecule has 0 bridgehead atoms. The zero-order valence-electron chi connectivity index (χ0n) is 13.4. The summed E-state index contributed by atoms with van der Waals surface area (Å²) in [6, 6.07) is 6.21. The Balaban J connectivity index is 2.06. The van der Waals surface area contributed by atoms with Gasteiger partial charge in [0.25, 0.3) is 0 Å². The van der Waals surface area contributed by atoms with Crippen LogP contribution in [-0.2, 0) is 16.1 Å². The Kier molecular flexibility index (Phi) is 6.83. The topological polar surface area (TPSA) is 97.8 Å². The second-order valence-corrected chi connectivity index (χ2v) is 6.15. The van der Waals surface area contributed by atoms with Crippen LogP contribution in [-0.4, -0.2) is 37.1 Å². The van der Waals surface area contributed by atoms with Crippen LogP contribution in [0.25, 0.3) is 0 Å². The van der Waals surface area contributed by atoms with Crippen LogP contribution in [0, 0.1) is 0 Å². The van der Waals surface area contributed by atoms with Crippen LogP contribution in [0.1, 0.15) is 23.1 Å². The van der Waals surface area contributed by atoms with Gasteiger partial charge in [0.2, 0.25) is 5.91 Å². The number of carbonyl (C=O) groups excluding carboxylic acids is 2. The first kappa shape index (κ1) is 18.0. The van der Waals surface area contributed by atoms with Gasteiger partial charge in [0.1, 0.15) is 5.76 Å². The van der Waals surface area contributed by atoms with E-state index in [0.717, 1.165) is 4.88 Å². The maximum absolute atomic E-state index is 12.7. The Morgan fingerprint density at radius 1 is 1.42 bits per heavy atom. The van der Waals surface area contributed by atoms with Gasteiger partial charge in [0.15, 0.2) is 0 Å². The van der Waals surface area contributed by atoms with Gasteiger partial charge in [-0.1, -0.05) is 6.07 Å². The third-order valence-corrected chi connectivity index (χ3v) is 4.41. The molecule has 2 rings (SSSR count). The van der Waals surface area contributed by atoms with Crippen LogP contribution in [0.3, 0.4) is 0 Å². The average molecular weight is 351 g/mol. The number of nitrogens with two attached hydrogens (primary N) is 1. The molecule has 0 saturated carbocycles. The number of furan rings is 1. The molecule has 2 aromatic rings. The highest BCUT2D eigenvalue weighted by Crippen LogP contribution is 2.23. The van der Waals surface area contributed by atoms with E-state index in [0.29, 0.717) is 25.5 Å². The summed E-state index contributed by atoms with van der Waals surface area (Å²) >= 11 is 1.47. The number of urea groups is 1. The van der Waals surface area contributed by atoms with Gasteiger partial charge >= 0.3 is 6.03 Å². The molecule has 0 saturated heterocycles. The highest BCUT2D eigenvalue weighted by atomic mass is 32.1. The molecule has 1 atom stereocenters. The van der Waals surface area contributed by atoms with Crippen molar-refractivity contribution in [2.24, 2.45) is 5.73 Å². The van der Waals surface area contributed by atoms with Gasteiger partial charge in [-0.3, -0.25) is 4.79 Å². The molecule has 130 valence electrons. The Morgan fingerprint density at radius 2 is 2.25 bits per heavy atom. The van der Waals surface area contributed by atoms with E-state index in [1.54, 1.807) is 24.3 Å². The smallest absolute Gasteiger partial charge is 0.312 e. The molecule has 24 heavy (non-hydrogen) atoms. The first-order valence-electron chi connectivity index (χ1n) is 7.48. The van der Waals surface area contributed by atoms with E-state index < -0.39 is 12.1 Å². The number of carbonyl (C=O) groups is 2. The minimum Gasteiger partial charge on any atom is -0.467 e. The zero-order valence-corrected chi connectivity index (χ0v) is 14.3. The first-order chi connectivity index (χ1) is 11.6. The number of methoxy groups -OCH3 is 1. The standard InChI is InChI=1S/C16H21N3O4S/c1-22-8-6-19(11-12-4-2-7-23-12)15(20)10-13(18-16(17)21)14-5-3-9-24-14/h2-5,7,9,13H,6,8,10-11H2,1H3,(H3,17,18,21). The fraction of sp³-hybridized carbons (Fsp3) is 0.375. The van der Waals surface area contributed by atoms with Crippen LogP contribution in [0.4, 0.5) is 4.79 Å². The molecule has 0 aliphatic carbocycles. The average Bonchev–Trinajstić information content (AvgIpc) is 3.23. The molecule has 0 aromatic carbocycles. The molecule has 7 nitrogen and oxygen atoms in total. The molecule has 8 heteroatoms. The number of nitrogens with one attached hydrogen (secondary N) is 1. The third-order valence-electron chi connectivity index (χ3n) is 3.43. The Hall–Kier alpha value is -2.32. The summed E-state index contributed by atoms with van der Waals surface area (Å²) < 4.78 is 10.4. The van der Waals surface area contributed by atoms with Crippen LogP contribution in [0.5, 0.6) is 0 Å². The summed E-state index contributed by atoms with van der Waals surface area (Å²) in [5, 5.41) is 4.52. The number of ether oxygens (including phenoxy) is 1. The van der Waals surface area contributed by atoms with E-state index >= 15 is 0 Å². The minimum atomic E-state index is -0.657. The second-order valence-electron chi connectivity index (χ2n) is 5.17. The number of thiophene rings is 1.